The first kappa shape index (κ1) is 93.5. The van der Waals surface area contributed by atoms with Crippen molar-refractivity contribution in [1.82, 2.24) is 5.06 Å². The van der Waals surface area contributed by atoms with Crippen molar-refractivity contribution in [2.24, 2.45) is 0 Å². The van der Waals surface area contributed by atoms with Gasteiger partial charge in [0.25, 0.3) is 11.8 Å². The van der Waals surface area contributed by atoms with E-state index in [2.05, 4.69) is 0 Å². The number of methoxy groups -OCH3 is 1. The minimum absolute atomic E-state index is 0.00452. The minimum Gasteiger partial charge on any atom is -0.505 e. The summed E-state index contributed by atoms with van der Waals surface area (Å²) in [5.41, 5.74) is 1.69. The molecule has 7 heterocycles. The van der Waals surface area contributed by atoms with Gasteiger partial charge in [-0.15, -0.1) is 5.06 Å². The van der Waals surface area contributed by atoms with Crippen molar-refractivity contribution in [1.29, 1.82) is 0 Å². The number of ether oxygens (including phenoxy) is 13. The van der Waals surface area contributed by atoms with Crippen LogP contribution in [0.2, 0.25) is 0 Å². The Morgan fingerprint density at radius 2 is 0.626 bits per heavy atom. The smallest absolute Gasteiger partial charge is 0.352 e. The summed E-state index contributed by atoms with van der Waals surface area (Å²) in [6, 6.07) is 27.2. The number of hydroxylamine groups is 2. The van der Waals surface area contributed by atoms with E-state index >= 15 is 0 Å². The number of aromatic hydroxyl groups is 3. The summed E-state index contributed by atoms with van der Waals surface area (Å²) < 4.78 is 178. The molecule has 0 radical (unpaired) electrons. The van der Waals surface area contributed by atoms with Gasteiger partial charge in [0.05, 0.1) is 143 Å². The molecule has 10 aliphatic rings. The van der Waals surface area contributed by atoms with Gasteiger partial charge in [0.1, 0.15) is 90.7 Å². The number of fused-ring (bicyclic) bond motifs is 9. The number of carboxylic acids is 1. The number of benzene rings is 9. The van der Waals surface area contributed by atoms with Crippen LogP contribution in [0.3, 0.4) is 0 Å². The van der Waals surface area contributed by atoms with Crippen LogP contribution in [-0.4, -0.2) is 240 Å². The highest BCUT2D eigenvalue weighted by Gasteiger charge is 2.35. The fourth-order valence-electron chi connectivity index (χ4n) is 14.7. The number of anilines is 3. The summed E-state index contributed by atoms with van der Waals surface area (Å²) in [6.45, 7) is 5.64. The highest BCUT2D eigenvalue weighted by Crippen LogP contribution is 2.49. The van der Waals surface area contributed by atoms with Gasteiger partial charge >= 0.3 is 17.9 Å². The van der Waals surface area contributed by atoms with Crippen LogP contribution in [0.25, 0.3) is 100 Å². The molecule has 7 aliphatic heterocycles. The van der Waals surface area contributed by atoms with Crippen molar-refractivity contribution >= 4 is 79.7 Å². The van der Waals surface area contributed by atoms with Crippen molar-refractivity contribution in [3.8, 4) is 102 Å². The molecular formula is C92H86F6N4O29. The molecule has 0 atom stereocenters. The Bertz CT molecular complexity index is 6250. The van der Waals surface area contributed by atoms with Gasteiger partial charge < -0.3 is 115 Å². The number of nitrogens with zero attached hydrogens (tertiary/aromatic N) is 4. The number of imide groups is 1. The Balaban J connectivity index is 0.000000159. The summed E-state index contributed by atoms with van der Waals surface area (Å²) >= 11 is 0. The monoisotopic (exact) mass is 1820 g/mol. The molecule has 690 valence electrons. The number of halogens is 6. The molecule has 1 saturated heterocycles. The molecule has 3 aliphatic carbocycles. The van der Waals surface area contributed by atoms with Crippen molar-refractivity contribution in [3.63, 3.8) is 0 Å². The van der Waals surface area contributed by atoms with Gasteiger partial charge in [-0.3, -0.25) is 33.6 Å². The second kappa shape index (κ2) is 43.6. The number of carbonyl (C=O) groups is 5. The third kappa shape index (κ3) is 23.0. The number of hydrogen-bond acceptors (Lipinski definition) is 31. The van der Waals surface area contributed by atoms with Crippen LogP contribution in [0.1, 0.15) is 12.8 Å². The zero-order valence-electron chi connectivity index (χ0n) is 70.2. The second-order valence-corrected chi connectivity index (χ2v) is 29.6. The zero-order chi connectivity index (χ0) is 92.4. The van der Waals surface area contributed by atoms with E-state index in [0.717, 1.165) is 72.8 Å². The lowest BCUT2D eigenvalue weighted by Gasteiger charge is -2.27. The van der Waals surface area contributed by atoms with Crippen LogP contribution in [0.15, 0.2) is 155 Å². The van der Waals surface area contributed by atoms with E-state index in [9.17, 15) is 85.1 Å². The summed E-state index contributed by atoms with van der Waals surface area (Å²) in [5, 5.41) is 40.6. The lowest BCUT2D eigenvalue weighted by Crippen LogP contribution is -2.39. The number of amides is 2. The van der Waals surface area contributed by atoms with Gasteiger partial charge in [0, 0.05) is 118 Å². The Morgan fingerprint density at radius 1 is 0.344 bits per heavy atom. The maximum absolute atomic E-state index is 14.7. The molecule has 6 aromatic carbocycles. The van der Waals surface area contributed by atoms with Crippen LogP contribution in [0.4, 0.5) is 43.4 Å². The van der Waals surface area contributed by atoms with E-state index in [0.29, 0.717) is 141 Å². The lowest BCUT2D eigenvalue weighted by atomic mass is 9.93. The SMILES string of the molecule is COC(=O)CN1CCOCCOCCOCCOc2cc(-c3c4cc(F)c(=O)cc-4oc4cc(O)c(F)cc34)ccc21.O=C(CN1CCOCCOCCOCCOc2cc(-c3c4cc(F)c(=O)cc-4oc4cc(O)c(F)cc34)ccc21)ON1C(=O)CCC1=O.O=C(O)CN1CCOCCOCCOCCOc2cc(-c3c4cc(F)c(=O)cc-4oc4cc(O)c(F)cc34)ccc21. The standard InChI is InChI=1S/C33H30F2N2O11.C30H29F2NO9.C29H27F2NO9/c34-22-14-20-27(16-25(22)38)47-28-17-26(39)23(35)15-21(28)33(20)19-1-2-24-29(13-19)46-12-11-45-10-9-44-8-7-43-6-5-36(24)18-32(42)48-37-30(40)3-4-31(37)41;1-37-29(36)17-33-4-5-38-6-7-39-8-9-40-10-11-41-28-12-18(2-3-23(28)33)30-19-13-21(31)24(34)15-26(19)42-27-16-25(35)22(32)14-20(27)30;30-20-12-18-25(14-23(20)33)41-26-15-24(34)21(31)13-19(26)29(18)17-1-2-22-27(11-17)40-10-9-39-8-7-38-6-5-37-4-3-32(22)16-28(35)36/h1-2,13-17,38H,3-12,18H2;2-3,12-16,34H,4-11,17H2,1H3;1-2,11-15,33H,3-10,16H2,(H,35,36). The molecule has 0 aromatic heterocycles. The number of carboxylic acid groups (broad SMARTS) is 1. The number of phenols is 3. The van der Waals surface area contributed by atoms with E-state index in [1.165, 1.54) is 7.11 Å². The van der Waals surface area contributed by atoms with E-state index < -0.39 is 105 Å². The highest BCUT2D eigenvalue weighted by molar-refractivity contribution is 6.06. The quantitative estimate of drug-likeness (QED) is 0.0427. The van der Waals surface area contributed by atoms with Gasteiger partial charge in [0.2, 0.25) is 16.3 Å². The number of rotatable bonds is 10. The largest absolute Gasteiger partial charge is 0.505 e. The molecule has 1 fully saturated rings. The van der Waals surface area contributed by atoms with Crippen molar-refractivity contribution < 1.29 is 150 Å². The lowest BCUT2D eigenvalue weighted by molar-refractivity contribution is -0.196. The number of esters is 1. The van der Waals surface area contributed by atoms with Crippen molar-refractivity contribution in [2.75, 3.05) is 200 Å². The normalized spacial score (nSPS) is 16.0. The second-order valence-electron chi connectivity index (χ2n) is 29.6. The summed E-state index contributed by atoms with van der Waals surface area (Å²) in [7, 11) is 1.29. The Hall–Kier alpha value is -13.6. The number of phenolic OH excluding ortho intramolecular Hbond substituents is 3. The first-order chi connectivity index (χ1) is 63.4. The maximum Gasteiger partial charge on any atom is 0.352 e. The predicted octanol–water partition coefficient (Wildman–Crippen LogP) is 11.3. The highest BCUT2D eigenvalue weighted by atomic mass is 19.1. The first-order valence-electron chi connectivity index (χ1n) is 41.2. The molecule has 39 heteroatoms. The fraction of sp³-hybridized carbons (Fsp3) is 0.326. The van der Waals surface area contributed by atoms with Crippen LogP contribution in [0.5, 0.6) is 34.5 Å². The average Bonchev–Trinajstić information content (AvgIpc) is 0.856. The predicted molar refractivity (Wildman–Crippen MR) is 456 cm³/mol. The Morgan fingerprint density at radius 3 is 0.924 bits per heavy atom. The number of hydrogen-bond donors (Lipinski definition) is 4. The molecule has 0 bridgehead atoms. The Kier molecular flexibility index (Phi) is 31.2. The van der Waals surface area contributed by atoms with Gasteiger partial charge in [-0.25, -0.2) is 31.1 Å². The summed E-state index contributed by atoms with van der Waals surface area (Å²) in [6.07, 6.45) is -0.125. The molecule has 2 amide bonds. The molecule has 16 rings (SSSR count). The van der Waals surface area contributed by atoms with E-state index in [1.54, 1.807) is 69.3 Å². The number of aliphatic carboxylic acids is 1. The van der Waals surface area contributed by atoms with Gasteiger partial charge in [-0.2, -0.15) is 0 Å². The molecule has 33 nitrogen and oxygen atoms in total. The minimum atomic E-state index is -1.06. The first-order valence-corrected chi connectivity index (χ1v) is 41.2. The fourth-order valence-corrected chi connectivity index (χ4v) is 14.7. The van der Waals surface area contributed by atoms with Gasteiger partial charge in [-0.1, -0.05) is 18.2 Å². The zero-order valence-corrected chi connectivity index (χ0v) is 70.2. The molecule has 0 saturated carbocycles. The summed E-state index contributed by atoms with van der Waals surface area (Å²) in [5.74, 6) is -10.6. The molecular weight excluding hydrogens is 1740 g/mol. The molecule has 6 aromatic rings. The van der Waals surface area contributed by atoms with Gasteiger partial charge in [-0.05, 0) is 89.5 Å². The molecule has 4 N–H and O–H groups in total. The van der Waals surface area contributed by atoms with Crippen molar-refractivity contribution in [3.05, 3.63) is 193 Å². The third-order valence-corrected chi connectivity index (χ3v) is 20.9. The molecule has 0 spiro atoms. The van der Waals surface area contributed by atoms with E-state index in [4.69, 9.17) is 79.7 Å². The van der Waals surface area contributed by atoms with Crippen LogP contribution in [-0.2, 0) is 76.2 Å². The van der Waals surface area contributed by atoms with Crippen LogP contribution < -0.4 is 45.2 Å². The molecule has 131 heavy (non-hydrogen) atoms. The number of carbonyl (C=O) groups excluding carboxylic acids is 4. The summed E-state index contributed by atoms with van der Waals surface area (Å²) in [4.78, 5) is 107. The van der Waals surface area contributed by atoms with Crippen molar-refractivity contribution in [2.45, 2.75) is 12.8 Å². The topological polar surface area (TPSA) is 399 Å². The van der Waals surface area contributed by atoms with E-state index in [1.807, 2.05) is 0 Å². The van der Waals surface area contributed by atoms with Crippen LogP contribution in [0, 0.1) is 34.9 Å². The Labute approximate surface area is 739 Å². The van der Waals surface area contributed by atoms with Crippen LogP contribution >= 0.6 is 0 Å². The maximum atomic E-state index is 14.7. The molecule has 0 unspecified atom stereocenters. The van der Waals surface area contributed by atoms with E-state index in [-0.39, 0.29) is 183 Å². The van der Waals surface area contributed by atoms with Gasteiger partial charge in [0.15, 0.2) is 52.2 Å². The average molecular weight is 1830 g/mol. The third-order valence-electron chi connectivity index (χ3n) is 20.9.